The maximum absolute atomic E-state index is 13.3. The highest BCUT2D eigenvalue weighted by Gasteiger charge is 2.30. The van der Waals surface area contributed by atoms with Crippen molar-refractivity contribution in [2.75, 3.05) is 6.54 Å². The average Bonchev–Trinajstić information content (AvgIpc) is 3.17. The molecule has 150 valence electrons. The number of aromatic nitrogens is 2. The molecule has 0 spiro atoms. The third-order valence-electron chi connectivity index (χ3n) is 5.61. The molecule has 1 N–H and O–H groups in total. The third-order valence-corrected chi connectivity index (χ3v) is 5.61. The number of carbonyl (C=O) groups excluding carboxylic acids is 2. The second-order valence-corrected chi connectivity index (χ2v) is 7.46. The Balaban J connectivity index is 1.62. The first kappa shape index (κ1) is 19.2. The molecule has 2 amide bonds. The summed E-state index contributed by atoms with van der Waals surface area (Å²) in [7, 11) is 0. The Bertz CT molecular complexity index is 1010. The summed E-state index contributed by atoms with van der Waals surface area (Å²) >= 11 is 0. The summed E-state index contributed by atoms with van der Waals surface area (Å²) in [6, 6.07) is 15.5. The standard InChI is InChI=1S/C23H26N4O2/c1-2-18-12-6-8-14-26(18)23(29)21-25-20(19-13-7-9-15-27(19)21)22(28)24-16-17-10-4-3-5-11-17/h3-5,7,9-11,13,15,18H,2,6,8,12,14,16H2,1H3,(H,24,28). The molecule has 29 heavy (non-hydrogen) atoms. The number of amides is 2. The molecule has 3 aromatic rings. The minimum Gasteiger partial charge on any atom is -0.347 e. The Morgan fingerprint density at radius 2 is 1.90 bits per heavy atom. The molecule has 0 radical (unpaired) electrons. The van der Waals surface area contributed by atoms with Crippen LogP contribution in [0.4, 0.5) is 0 Å². The highest BCUT2D eigenvalue weighted by molar-refractivity contribution is 6.02. The van der Waals surface area contributed by atoms with E-state index in [0.717, 1.165) is 37.8 Å². The first-order chi connectivity index (χ1) is 14.2. The second-order valence-electron chi connectivity index (χ2n) is 7.46. The maximum atomic E-state index is 13.3. The lowest BCUT2D eigenvalue weighted by Crippen LogP contribution is -2.44. The second kappa shape index (κ2) is 8.47. The molecule has 4 rings (SSSR count). The SMILES string of the molecule is CCC1CCCCN1C(=O)c1nc(C(=O)NCc2ccccc2)c2ccccn12. The quantitative estimate of drug-likeness (QED) is 0.723. The minimum atomic E-state index is -0.276. The summed E-state index contributed by atoms with van der Waals surface area (Å²) in [5.41, 5.74) is 1.95. The average molecular weight is 390 g/mol. The summed E-state index contributed by atoms with van der Waals surface area (Å²) in [6.45, 7) is 3.27. The molecule has 6 heteroatoms. The summed E-state index contributed by atoms with van der Waals surface area (Å²) in [6.07, 6.45) is 5.91. The normalized spacial score (nSPS) is 16.7. The van der Waals surface area contributed by atoms with Crippen molar-refractivity contribution >= 4 is 17.3 Å². The van der Waals surface area contributed by atoms with Crippen LogP contribution in [0.5, 0.6) is 0 Å². The van der Waals surface area contributed by atoms with E-state index in [4.69, 9.17) is 0 Å². The van der Waals surface area contributed by atoms with Crippen LogP contribution in [0.25, 0.3) is 5.52 Å². The number of fused-ring (bicyclic) bond motifs is 1. The van der Waals surface area contributed by atoms with Gasteiger partial charge in [0.25, 0.3) is 11.8 Å². The lowest BCUT2D eigenvalue weighted by Gasteiger charge is -2.34. The molecule has 1 saturated heterocycles. The van der Waals surface area contributed by atoms with Gasteiger partial charge in [-0.1, -0.05) is 43.3 Å². The van der Waals surface area contributed by atoms with Crippen LogP contribution in [-0.2, 0) is 6.54 Å². The van der Waals surface area contributed by atoms with Gasteiger partial charge in [0.1, 0.15) is 0 Å². The Hall–Kier alpha value is -3.15. The third kappa shape index (κ3) is 3.88. The highest BCUT2D eigenvalue weighted by Crippen LogP contribution is 2.23. The van der Waals surface area contributed by atoms with Crippen LogP contribution < -0.4 is 5.32 Å². The van der Waals surface area contributed by atoms with Gasteiger partial charge in [0.15, 0.2) is 5.69 Å². The van der Waals surface area contributed by atoms with Crippen molar-refractivity contribution in [2.24, 2.45) is 0 Å². The van der Waals surface area contributed by atoms with Crippen molar-refractivity contribution in [2.45, 2.75) is 45.2 Å². The number of hydrogen-bond acceptors (Lipinski definition) is 3. The van der Waals surface area contributed by atoms with Crippen LogP contribution in [0.15, 0.2) is 54.7 Å². The van der Waals surface area contributed by atoms with Crippen LogP contribution in [0.1, 0.15) is 59.3 Å². The van der Waals surface area contributed by atoms with Gasteiger partial charge >= 0.3 is 0 Å². The molecule has 1 unspecified atom stereocenters. The summed E-state index contributed by atoms with van der Waals surface area (Å²) in [4.78, 5) is 32.6. The van der Waals surface area contributed by atoms with Gasteiger partial charge in [0.2, 0.25) is 5.82 Å². The molecule has 0 aliphatic carbocycles. The van der Waals surface area contributed by atoms with Crippen LogP contribution >= 0.6 is 0 Å². The number of imidazole rings is 1. The molecule has 6 nitrogen and oxygen atoms in total. The lowest BCUT2D eigenvalue weighted by molar-refractivity contribution is 0.0594. The smallest absolute Gasteiger partial charge is 0.290 e. The van der Waals surface area contributed by atoms with E-state index in [-0.39, 0.29) is 23.6 Å². The first-order valence-corrected chi connectivity index (χ1v) is 10.3. The molecule has 3 heterocycles. The fraction of sp³-hybridized carbons (Fsp3) is 0.348. The molecule has 1 aliphatic rings. The number of benzene rings is 1. The molecule has 0 bridgehead atoms. The Morgan fingerprint density at radius 1 is 1.10 bits per heavy atom. The molecule has 0 saturated carbocycles. The number of likely N-dealkylation sites (tertiary alicyclic amines) is 1. The largest absolute Gasteiger partial charge is 0.347 e. The molecular weight excluding hydrogens is 364 g/mol. The van der Waals surface area contributed by atoms with Crippen molar-refractivity contribution in [3.8, 4) is 0 Å². The number of nitrogens with zero attached hydrogens (tertiary/aromatic N) is 3. The molecule has 1 aromatic carbocycles. The van der Waals surface area contributed by atoms with E-state index < -0.39 is 0 Å². The first-order valence-electron chi connectivity index (χ1n) is 10.3. The van der Waals surface area contributed by atoms with E-state index in [1.165, 1.54) is 0 Å². The van der Waals surface area contributed by atoms with Crippen molar-refractivity contribution in [3.05, 3.63) is 71.8 Å². The van der Waals surface area contributed by atoms with E-state index in [9.17, 15) is 9.59 Å². The Kier molecular flexibility index (Phi) is 5.60. The minimum absolute atomic E-state index is 0.0974. The van der Waals surface area contributed by atoms with Gasteiger partial charge in [-0.3, -0.25) is 14.0 Å². The van der Waals surface area contributed by atoms with Crippen molar-refractivity contribution in [3.63, 3.8) is 0 Å². The van der Waals surface area contributed by atoms with Crippen LogP contribution in [0, 0.1) is 0 Å². The van der Waals surface area contributed by atoms with Crippen molar-refractivity contribution in [1.29, 1.82) is 0 Å². The predicted octanol–water partition coefficient (Wildman–Crippen LogP) is 3.67. The van der Waals surface area contributed by atoms with E-state index in [1.807, 2.05) is 53.4 Å². The number of nitrogens with one attached hydrogen (secondary N) is 1. The van der Waals surface area contributed by atoms with Gasteiger partial charge in [-0.05, 0) is 43.4 Å². The molecule has 1 atom stereocenters. The Morgan fingerprint density at radius 3 is 2.69 bits per heavy atom. The van der Waals surface area contributed by atoms with E-state index in [2.05, 4.69) is 17.2 Å². The van der Waals surface area contributed by atoms with Crippen LogP contribution in [-0.4, -0.2) is 38.7 Å². The lowest BCUT2D eigenvalue weighted by atomic mass is 10.00. The molecule has 1 aliphatic heterocycles. The van der Waals surface area contributed by atoms with Gasteiger partial charge in [-0.25, -0.2) is 4.98 Å². The van der Waals surface area contributed by atoms with Gasteiger partial charge < -0.3 is 10.2 Å². The Labute approximate surface area is 170 Å². The summed E-state index contributed by atoms with van der Waals surface area (Å²) in [5, 5.41) is 2.92. The van der Waals surface area contributed by atoms with Gasteiger partial charge in [-0.2, -0.15) is 0 Å². The molecular formula is C23H26N4O2. The summed E-state index contributed by atoms with van der Waals surface area (Å²) < 4.78 is 1.74. The number of rotatable bonds is 5. The van der Waals surface area contributed by atoms with Crippen LogP contribution in [0.3, 0.4) is 0 Å². The number of pyridine rings is 1. The zero-order valence-corrected chi connectivity index (χ0v) is 16.7. The zero-order valence-electron chi connectivity index (χ0n) is 16.7. The topological polar surface area (TPSA) is 66.7 Å². The zero-order chi connectivity index (χ0) is 20.2. The van der Waals surface area contributed by atoms with Gasteiger partial charge in [-0.15, -0.1) is 0 Å². The predicted molar refractivity (Wildman–Crippen MR) is 112 cm³/mol. The van der Waals surface area contributed by atoms with E-state index >= 15 is 0 Å². The van der Waals surface area contributed by atoms with Crippen molar-refractivity contribution < 1.29 is 9.59 Å². The highest BCUT2D eigenvalue weighted by atomic mass is 16.2. The fourth-order valence-electron chi connectivity index (χ4n) is 4.04. The van der Waals surface area contributed by atoms with E-state index in [1.54, 1.807) is 10.6 Å². The molecule has 2 aromatic heterocycles. The number of carbonyl (C=O) groups is 2. The number of piperidine rings is 1. The fourth-order valence-corrected chi connectivity index (χ4v) is 4.04. The van der Waals surface area contributed by atoms with Crippen LogP contribution in [0.2, 0.25) is 0 Å². The van der Waals surface area contributed by atoms with E-state index in [0.29, 0.717) is 17.9 Å². The number of hydrogen-bond donors (Lipinski definition) is 1. The van der Waals surface area contributed by atoms with Gasteiger partial charge in [0.05, 0.1) is 5.52 Å². The van der Waals surface area contributed by atoms with Crippen molar-refractivity contribution in [1.82, 2.24) is 19.6 Å². The maximum Gasteiger partial charge on any atom is 0.290 e. The van der Waals surface area contributed by atoms with Gasteiger partial charge in [0, 0.05) is 25.3 Å². The summed E-state index contributed by atoms with van der Waals surface area (Å²) in [5.74, 6) is -0.0621. The molecule has 1 fully saturated rings. The monoisotopic (exact) mass is 390 g/mol.